The number of carbonyl (C=O) groups excluding carboxylic acids is 2. The number of allylic oxidation sites excluding steroid dienone is 2. The topological polar surface area (TPSA) is 95.9 Å². The first-order valence-corrected chi connectivity index (χ1v) is 23.9. The van der Waals surface area contributed by atoms with Gasteiger partial charge in [0.25, 0.3) is 0 Å². The molecule has 6 heteroatoms. The third-order valence-electron chi connectivity index (χ3n) is 11.1. The molecule has 1 amide bonds. The van der Waals surface area contributed by atoms with Crippen LogP contribution in [0.1, 0.15) is 258 Å². The number of carbonyl (C=O) groups is 2. The molecule has 0 aromatic rings. The van der Waals surface area contributed by atoms with E-state index in [4.69, 9.17) is 4.74 Å². The van der Waals surface area contributed by atoms with Crippen LogP contribution in [0.2, 0.25) is 0 Å². The van der Waals surface area contributed by atoms with Gasteiger partial charge in [0.2, 0.25) is 5.91 Å². The molecule has 0 spiro atoms. The number of ether oxygens (including phenoxy) is 1. The van der Waals surface area contributed by atoms with Crippen LogP contribution in [0, 0.1) is 0 Å². The molecule has 3 unspecified atom stereocenters. The van der Waals surface area contributed by atoms with Crippen molar-refractivity contribution in [3.05, 3.63) is 12.2 Å². The van der Waals surface area contributed by atoms with Gasteiger partial charge in [0.15, 0.2) is 0 Å². The molecule has 0 aliphatic heterocycles. The van der Waals surface area contributed by atoms with Gasteiger partial charge >= 0.3 is 5.97 Å². The lowest BCUT2D eigenvalue weighted by molar-refractivity contribution is -0.151. The molecule has 0 aromatic carbocycles. The summed E-state index contributed by atoms with van der Waals surface area (Å²) in [6, 6.07) is -0.702. The highest BCUT2D eigenvalue weighted by molar-refractivity contribution is 5.77. The molecule has 0 heterocycles. The zero-order valence-corrected chi connectivity index (χ0v) is 36.4. The zero-order valence-electron chi connectivity index (χ0n) is 36.4. The lowest BCUT2D eigenvalue weighted by Gasteiger charge is -2.24. The van der Waals surface area contributed by atoms with Gasteiger partial charge in [0.1, 0.15) is 6.10 Å². The van der Waals surface area contributed by atoms with Gasteiger partial charge in [0.05, 0.1) is 25.2 Å². The molecular formula is C48H93NO5. The number of hydrogen-bond donors (Lipinski definition) is 3. The number of unbranched alkanes of at least 4 members (excludes halogenated alkanes) is 29. The Morgan fingerprint density at radius 1 is 0.519 bits per heavy atom. The van der Waals surface area contributed by atoms with Crippen molar-refractivity contribution >= 4 is 11.9 Å². The molecule has 0 fully saturated rings. The monoisotopic (exact) mass is 764 g/mol. The molecule has 0 saturated carbocycles. The highest BCUT2D eigenvalue weighted by Crippen LogP contribution is 2.17. The number of amides is 1. The van der Waals surface area contributed by atoms with Gasteiger partial charge in [-0.3, -0.25) is 9.59 Å². The van der Waals surface area contributed by atoms with E-state index in [2.05, 4.69) is 38.2 Å². The van der Waals surface area contributed by atoms with E-state index >= 15 is 0 Å². The summed E-state index contributed by atoms with van der Waals surface area (Å²) >= 11 is 0. The zero-order chi connectivity index (χ0) is 39.6. The minimum absolute atomic E-state index is 0.0628. The van der Waals surface area contributed by atoms with Gasteiger partial charge < -0.3 is 20.3 Å². The van der Waals surface area contributed by atoms with Crippen molar-refractivity contribution < 1.29 is 24.5 Å². The second-order valence-electron chi connectivity index (χ2n) is 16.5. The summed E-state index contributed by atoms with van der Waals surface area (Å²) in [5, 5.41) is 23.7. The maximum Gasteiger partial charge on any atom is 0.306 e. The van der Waals surface area contributed by atoms with Gasteiger partial charge in [-0.2, -0.15) is 0 Å². The lowest BCUT2D eigenvalue weighted by atomic mass is 10.0. The van der Waals surface area contributed by atoms with Gasteiger partial charge in [-0.15, -0.1) is 0 Å². The molecule has 320 valence electrons. The molecule has 54 heavy (non-hydrogen) atoms. The van der Waals surface area contributed by atoms with E-state index in [-0.39, 0.29) is 24.9 Å². The molecular weight excluding hydrogens is 671 g/mol. The van der Waals surface area contributed by atoms with Crippen molar-refractivity contribution in [2.75, 3.05) is 6.61 Å². The normalized spacial score (nSPS) is 13.4. The van der Waals surface area contributed by atoms with Crippen LogP contribution in [-0.4, -0.2) is 46.9 Å². The SMILES string of the molecule is CCCCCCCC/C=C\CCCC(CC(=O)NC(CO)C(O)CCCCCCCCCCCCCCCC)OC(=O)CCCCCCCCCCCC. The van der Waals surface area contributed by atoms with Crippen LogP contribution in [0.3, 0.4) is 0 Å². The summed E-state index contributed by atoms with van der Waals surface area (Å²) in [6.07, 6.45) is 45.6. The fourth-order valence-electron chi connectivity index (χ4n) is 7.43. The van der Waals surface area contributed by atoms with Crippen molar-refractivity contribution in [1.29, 1.82) is 0 Å². The van der Waals surface area contributed by atoms with Crippen molar-refractivity contribution in [3.63, 3.8) is 0 Å². The third kappa shape index (κ3) is 37.5. The summed E-state index contributed by atoms with van der Waals surface area (Å²) in [5.74, 6) is -0.494. The van der Waals surface area contributed by atoms with Gasteiger partial charge in [-0.05, 0) is 44.9 Å². The van der Waals surface area contributed by atoms with E-state index in [9.17, 15) is 19.8 Å². The number of esters is 1. The Balaban J connectivity index is 4.53. The molecule has 0 bridgehead atoms. The highest BCUT2D eigenvalue weighted by Gasteiger charge is 2.24. The first-order chi connectivity index (χ1) is 26.5. The van der Waals surface area contributed by atoms with Crippen molar-refractivity contribution in [2.45, 2.75) is 277 Å². The van der Waals surface area contributed by atoms with E-state index < -0.39 is 18.2 Å². The summed E-state index contributed by atoms with van der Waals surface area (Å²) in [6.45, 7) is 6.46. The molecule has 0 aliphatic rings. The summed E-state index contributed by atoms with van der Waals surface area (Å²) in [4.78, 5) is 25.9. The smallest absolute Gasteiger partial charge is 0.306 e. The second-order valence-corrected chi connectivity index (χ2v) is 16.5. The van der Waals surface area contributed by atoms with E-state index in [1.54, 1.807) is 0 Å². The van der Waals surface area contributed by atoms with Crippen LogP contribution >= 0.6 is 0 Å². The van der Waals surface area contributed by atoms with Gasteiger partial charge in [-0.25, -0.2) is 0 Å². The first kappa shape index (κ1) is 52.6. The fourth-order valence-corrected chi connectivity index (χ4v) is 7.43. The average Bonchev–Trinajstić information content (AvgIpc) is 3.16. The van der Waals surface area contributed by atoms with Gasteiger partial charge in [0, 0.05) is 6.42 Å². The maximum absolute atomic E-state index is 13.1. The number of nitrogens with one attached hydrogen (secondary N) is 1. The Bertz CT molecular complexity index is 817. The molecule has 0 saturated heterocycles. The standard InChI is InChI=1S/C48H93NO5/c1-4-7-10-13-16-19-22-23-24-26-28-31-34-37-40-46(51)45(43-50)49-47(52)42-44(39-36-33-30-27-25-20-17-14-11-8-5-2)54-48(53)41-38-35-32-29-21-18-15-12-9-6-3/h27,30,44-46,50-51H,4-26,28-29,31-43H2,1-3H3,(H,49,52)/b30-27-. The largest absolute Gasteiger partial charge is 0.462 e. The minimum Gasteiger partial charge on any atom is -0.462 e. The summed E-state index contributed by atoms with van der Waals surface area (Å²) in [7, 11) is 0. The Labute approximate surface area is 336 Å². The molecule has 3 N–H and O–H groups in total. The van der Waals surface area contributed by atoms with Crippen molar-refractivity contribution in [3.8, 4) is 0 Å². The van der Waals surface area contributed by atoms with Crippen LogP contribution in [0.25, 0.3) is 0 Å². The lowest BCUT2D eigenvalue weighted by Crippen LogP contribution is -2.46. The molecule has 0 rings (SSSR count). The van der Waals surface area contributed by atoms with Crippen LogP contribution in [0.4, 0.5) is 0 Å². The Hall–Kier alpha value is -1.40. The average molecular weight is 764 g/mol. The fraction of sp³-hybridized carbons (Fsp3) is 0.917. The highest BCUT2D eigenvalue weighted by atomic mass is 16.5. The summed E-state index contributed by atoms with van der Waals surface area (Å²) in [5.41, 5.74) is 0. The van der Waals surface area contributed by atoms with Crippen LogP contribution in [0.15, 0.2) is 12.2 Å². The molecule has 0 aliphatic carbocycles. The van der Waals surface area contributed by atoms with Crippen LogP contribution < -0.4 is 5.32 Å². The third-order valence-corrected chi connectivity index (χ3v) is 11.1. The second kappa shape index (κ2) is 42.7. The molecule has 3 atom stereocenters. The molecule has 0 radical (unpaired) electrons. The van der Waals surface area contributed by atoms with Crippen LogP contribution in [0.5, 0.6) is 0 Å². The molecule has 6 nitrogen and oxygen atoms in total. The van der Waals surface area contributed by atoms with E-state index in [1.165, 1.54) is 161 Å². The quantitative estimate of drug-likeness (QED) is 0.0326. The van der Waals surface area contributed by atoms with Crippen LogP contribution in [-0.2, 0) is 14.3 Å². The number of hydrogen-bond acceptors (Lipinski definition) is 5. The molecule has 0 aromatic heterocycles. The van der Waals surface area contributed by atoms with E-state index in [1.807, 2.05) is 0 Å². The predicted octanol–water partition coefficient (Wildman–Crippen LogP) is 13.8. The predicted molar refractivity (Wildman–Crippen MR) is 232 cm³/mol. The van der Waals surface area contributed by atoms with Gasteiger partial charge in [-0.1, -0.05) is 213 Å². The van der Waals surface area contributed by atoms with E-state index in [0.717, 1.165) is 51.4 Å². The first-order valence-electron chi connectivity index (χ1n) is 23.9. The number of rotatable bonds is 43. The maximum atomic E-state index is 13.1. The minimum atomic E-state index is -0.787. The van der Waals surface area contributed by atoms with Crippen molar-refractivity contribution in [1.82, 2.24) is 5.32 Å². The Morgan fingerprint density at radius 2 is 0.907 bits per heavy atom. The van der Waals surface area contributed by atoms with Crippen molar-refractivity contribution in [2.24, 2.45) is 0 Å². The summed E-state index contributed by atoms with van der Waals surface area (Å²) < 4.78 is 5.88. The Kier molecular flexibility index (Phi) is 41.6. The Morgan fingerprint density at radius 3 is 1.35 bits per heavy atom. The van der Waals surface area contributed by atoms with E-state index in [0.29, 0.717) is 19.3 Å². The number of aliphatic hydroxyl groups is 2. The number of aliphatic hydroxyl groups excluding tert-OH is 2.